The second-order valence-electron chi connectivity index (χ2n) is 3.15. The van der Waals surface area contributed by atoms with Gasteiger partial charge < -0.3 is 10.0 Å². The molecule has 0 bridgehead atoms. The van der Waals surface area contributed by atoms with E-state index in [-0.39, 0.29) is 5.82 Å². The second-order valence-corrected chi connectivity index (χ2v) is 3.15. The maximum Gasteiger partial charge on any atom is 0.379 e. The van der Waals surface area contributed by atoms with Gasteiger partial charge in [-0.05, 0) is 12.1 Å². The number of carboxylic acids is 1. The van der Waals surface area contributed by atoms with E-state index in [1.165, 1.54) is 31.3 Å². The summed E-state index contributed by atoms with van der Waals surface area (Å²) in [7, 11) is 3.04. The number of anilines is 1. The summed E-state index contributed by atoms with van der Waals surface area (Å²) in [5.41, 5.74) is -0.609. The fraction of sp³-hybridized carbons (Fsp3) is 0.333. The van der Waals surface area contributed by atoms with Crippen molar-refractivity contribution in [2.24, 2.45) is 0 Å². The Morgan fingerprint density at radius 3 is 2.60 bits per heavy atom. The molecule has 0 aliphatic heterocycles. The molecule has 0 aliphatic rings. The highest BCUT2D eigenvalue weighted by Crippen LogP contribution is 2.33. The van der Waals surface area contributed by atoms with Crippen molar-refractivity contribution in [2.75, 3.05) is 19.0 Å². The van der Waals surface area contributed by atoms with Crippen molar-refractivity contribution >= 4 is 11.8 Å². The maximum absolute atomic E-state index is 13.2. The SMILES string of the molecule is CN(C)c1ncccc1C(F)(F)C(=O)O. The number of rotatable bonds is 3. The van der Waals surface area contributed by atoms with Crippen LogP contribution in [-0.4, -0.2) is 30.2 Å². The van der Waals surface area contributed by atoms with E-state index in [0.717, 1.165) is 6.07 Å². The molecule has 15 heavy (non-hydrogen) atoms. The van der Waals surface area contributed by atoms with Crippen molar-refractivity contribution in [1.29, 1.82) is 0 Å². The van der Waals surface area contributed by atoms with Crippen LogP contribution in [0.1, 0.15) is 5.56 Å². The Labute approximate surface area is 85.2 Å². The van der Waals surface area contributed by atoms with Gasteiger partial charge in [0.05, 0.1) is 5.56 Å². The van der Waals surface area contributed by atoms with Crippen LogP contribution in [0.2, 0.25) is 0 Å². The molecule has 1 heterocycles. The number of hydrogen-bond acceptors (Lipinski definition) is 3. The van der Waals surface area contributed by atoms with Crippen molar-refractivity contribution in [3.8, 4) is 0 Å². The van der Waals surface area contributed by atoms with E-state index in [4.69, 9.17) is 5.11 Å². The molecule has 0 fully saturated rings. The molecule has 1 rings (SSSR count). The van der Waals surface area contributed by atoms with Gasteiger partial charge in [-0.1, -0.05) is 0 Å². The number of nitrogens with zero attached hydrogens (tertiary/aromatic N) is 2. The smallest absolute Gasteiger partial charge is 0.379 e. The normalized spacial score (nSPS) is 11.2. The van der Waals surface area contributed by atoms with Gasteiger partial charge in [0.1, 0.15) is 5.82 Å². The number of aliphatic carboxylic acids is 1. The molecular weight excluding hydrogens is 206 g/mol. The first-order valence-electron chi connectivity index (χ1n) is 4.11. The van der Waals surface area contributed by atoms with Crippen LogP contribution in [0.5, 0.6) is 0 Å². The molecule has 6 heteroatoms. The van der Waals surface area contributed by atoms with Crippen LogP contribution in [0.25, 0.3) is 0 Å². The number of carbonyl (C=O) groups is 1. The van der Waals surface area contributed by atoms with Crippen molar-refractivity contribution in [2.45, 2.75) is 5.92 Å². The quantitative estimate of drug-likeness (QED) is 0.828. The molecule has 0 radical (unpaired) electrons. The van der Waals surface area contributed by atoms with E-state index >= 15 is 0 Å². The Balaban J connectivity index is 3.30. The van der Waals surface area contributed by atoms with Gasteiger partial charge in [0, 0.05) is 20.3 Å². The lowest BCUT2D eigenvalue weighted by Crippen LogP contribution is -2.28. The third-order valence-electron chi connectivity index (χ3n) is 1.82. The van der Waals surface area contributed by atoms with E-state index in [1.54, 1.807) is 0 Å². The average molecular weight is 216 g/mol. The third-order valence-corrected chi connectivity index (χ3v) is 1.82. The molecule has 0 atom stereocenters. The molecule has 1 aromatic heterocycles. The number of carboxylic acid groups (broad SMARTS) is 1. The fourth-order valence-corrected chi connectivity index (χ4v) is 1.11. The second kappa shape index (κ2) is 3.80. The van der Waals surface area contributed by atoms with Gasteiger partial charge in [0.25, 0.3) is 0 Å². The minimum absolute atomic E-state index is 0.0510. The standard InChI is InChI=1S/C9H10F2N2O2/c1-13(2)7-6(4-3-5-12-7)9(10,11)8(14)15/h3-5H,1-2H3,(H,14,15). The predicted molar refractivity (Wildman–Crippen MR) is 50.1 cm³/mol. The average Bonchev–Trinajstić information content (AvgIpc) is 2.17. The Morgan fingerprint density at radius 1 is 1.53 bits per heavy atom. The molecule has 0 spiro atoms. The van der Waals surface area contributed by atoms with E-state index < -0.39 is 17.5 Å². The lowest BCUT2D eigenvalue weighted by molar-refractivity contribution is -0.166. The zero-order valence-corrected chi connectivity index (χ0v) is 8.24. The Hall–Kier alpha value is -1.72. The first-order chi connectivity index (χ1) is 6.87. The summed E-state index contributed by atoms with van der Waals surface area (Å²) in [6.45, 7) is 0. The van der Waals surface area contributed by atoms with Crippen LogP contribution in [-0.2, 0) is 10.7 Å². The molecule has 0 aliphatic carbocycles. The number of halogens is 2. The number of aromatic nitrogens is 1. The Morgan fingerprint density at radius 2 is 2.13 bits per heavy atom. The fourth-order valence-electron chi connectivity index (χ4n) is 1.11. The van der Waals surface area contributed by atoms with E-state index in [2.05, 4.69) is 4.98 Å². The summed E-state index contributed by atoms with van der Waals surface area (Å²) in [4.78, 5) is 15.4. The first kappa shape index (κ1) is 11.4. The van der Waals surface area contributed by atoms with Crippen molar-refractivity contribution < 1.29 is 18.7 Å². The van der Waals surface area contributed by atoms with Crippen LogP contribution in [0.4, 0.5) is 14.6 Å². The Kier molecular flexibility index (Phi) is 2.88. The molecule has 0 unspecified atom stereocenters. The summed E-state index contributed by atoms with van der Waals surface area (Å²) < 4.78 is 26.5. The zero-order chi connectivity index (χ0) is 11.6. The molecule has 0 saturated carbocycles. The van der Waals surface area contributed by atoms with Gasteiger partial charge >= 0.3 is 11.9 Å². The monoisotopic (exact) mass is 216 g/mol. The van der Waals surface area contributed by atoms with Gasteiger partial charge in [-0.25, -0.2) is 9.78 Å². The van der Waals surface area contributed by atoms with Crippen molar-refractivity contribution in [1.82, 2.24) is 4.98 Å². The topological polar surface area (TPSA) is 53.4 Å². The largest absolute Gasteiger partial charge is 0.477 e. The minimum atomic E-state index is -3.92. The number of hydrogen-bond donors (Lipinski definition) is 1. The molecular formula is C9H10F2N2O2. The third kappa shape index (κ3) is 2.03. The van der Waals surface area contributed by atoms with Crippen molar-refractivity contribution in [3.05, 3.63) is 23.9 Å². The Bertz CT molecular complexity index is 380. The summed E-state index contributed by atoms with van der Waals surface area (Å²) in [5, 5.41) is 8.40. The lowest BCUT2D eigenvalue weighted by atomic mass is 10.1. The van der Waals surface area contributed by atoms with Crippen LogP contribution >= 0.6 is 0 Å². The van der Waals surface area contributed by atoms with Crippen LogP contribution in [0, 0.1) is 0 Å². The summed E-state index contributed by atoms with van der Waals surface area (Å²) in [6.07, 6.45) is 1.33. The summed E-state index contributed by atoms with van der Waals surface area (Å²) in [6, 6.07) is 2.33. The van der Waals surface area contributed by atoms with E-state index in [0.29, 0.717) is 0 Å². The van der Waals surface area contributed by atoms with Crippen molar-refractivity contribution in [3.63, 3.8) is 0 Å². The molecule has 0 amide bonds. The van der Waals surface area contributed by atoms with Gasteiger partial charge in [-0.3, -0.25) is 0 Å². The predicted octanol–water partition coefficient (Wildman–Crippen LogP) is 1.32. The summed E-state index contributed by atoms with van der Waals surface area (Å²) >= 11 is 0. The minimum Gasteiger partial charge on any atom is -0.477 e. The first-order valence-corrected chi connectivity index (χ1v) is 4.11. The van der Waals surface area contributed by atoms with Crippen LogP contribution in [0.15, 0.2) is 18.3 Å². The molecule has 4 nitrogen and oxygen atoms in total. The highest BCUT2D eigenvalue weighted by molar-refractivity contribution is 5.79. The molecule has 0 aromatic carbocycles. The van der Waals surface area contributed by atoms with Gasteiger partial charge in [0.15, 0.2) is 0 Å². The molecule has 82 valence electrons. The highest BCUT2D eigenvalue weighted by Gasteiger charge is 2.43. The molecule has 1 aromatic rings. The van der Waals surface area contributed by atoms with Gasteiger partial charge in [0.2, 0.25) is 0 Å². The van der Waals surface area contributed by atoms with E-state index in [9.17, 15) is 13.6 Å². The van der Waals surface area contributed by atoms with Crippen LogP contribution in [0.3, 0.4) is 0 Å². The molecule has 1 N–H and O–H groups in total. The lowest BCUT2D eigenvalue weighted by Gasteiger charge is -2.19. The number of alkyl halides is 2. The highest BCUT2D eigenvalue weighted by atomic mass is 19.3. The van der Waals surface area contributed by atoms with E-state index in [1.807, 2.05) is 0 Å². The molecule has 0 saturated heterocycles. The zero-order valence-electron chi connectivity index (χ0n) is 8.24. The van der Waals surface area contributed by atoms with Gasteiger partial charge in [-0.15, -0.1) is 0 Å². The maximum atomic E-state index is 13.2. The van der Waals surface area contributed by atoms with Gasteiger partial charge in [-0.2, -0.15) is 8.78 Å². The van der Waals surface area contributed by atoms with Crippen LogP contribution < -0.4 is 4.90 Å². The summed E-state index contributed by atoms with van der Waals surface area (Å²) in [5.74, 6) is -6.16. The number of pyridine rings is 1.